The molecule has 3 aromatic rings. The Morgan fingerprint density at radius 2 is 1.96 bits per heavy atom. The van der Waals surface area contributed by atoms with E-state index in [0.717, 1.165) is 29.1 Å². The van der Waals surface area contributed by atoms with Crippen LogP contribution in [0.25, 0.3) is 10.9 Å². The molecular weight excluding hydrogens is 379 g/mol. The molecule has 0 saturated heterocycles. The number of halogens is 2. The van der Waals surface area contributed by atoms with Gasteiger partial charge in [0.25, 0.3) is 0 Å². The highest BCUT2D eigenvalue weighted by Gasteiger charge is 2.17. The second-order valence-electron chi connectivity index (χ2n) is 5.51. The predicted octanol–water partition coefficient (Wildman–Crippen LogP) is 3.77. The van der Waals surface area contributed by atoms with Crippen LogP contribution in [-0.2, 0) is 10.0 Å². The Morgan fingerprint density at radius 1 is 1.15 bits per heavy atom. The molecule has 0 atom stereocenters. The first-order valence-electron chi connectivity index (χ1n) is 7.89. The minimum absolute atomic E-state index is 0.153. The third-order valence-electron chi connectivity index (χ3n) is 3.65. The van der Waals surface area contributed by atoms with Crippen molar-refractivity contribution in [3.63, 3.8) is 0 Å². The van der Waals surface area contributed by atoms with E-state index in [1.807, 2.05) is 30.3 Å². The molecule has 1 N–H and O–H groups in total. The summed E-state index contributed by atoms with van der Waals surface area (Å²) in [6, 6.07) is 12.6. The monoisotopic (exact) mass is 394 g/mol. The van der Waals surface area contributed by atoms with Gasteiger partial charge in [0.1, 0.15) is 22.0 Å². The Bertz CT molecular complexity index is 1020. The fourth-order valence-corrected chi connectivity index (χ4v) is 4.03. The molecule has 8 heteroatoms. The molecule has 0 amide bonds. The van der Waals surface area contributed by atoms with Gasteiger partial charge in [-0.3, -0.25) is 4.98 Å². The topological polar surface area (TPSA) is 68.3 Å². The number of hydrogen-bond donors (Lipinski definition) is 1. The molecule has 1 aromatic heterocycles. The van der Waals surface area contributed by atoms with Crippen LogP contribution in [0.4, 0.5) is 4.39 Å². The van der Waals surface area contributed by atoms with E-state index < -0.39 is 15.8 Å². The summed E-state index contributed by atoms with van der Waals surface area (Å²) in [5.41, 5.74) is 0.758. The van der Waals surface area contributed by atoms with Gasteiger partial charge in [0.2, 0.25) is 10.0 Å². The van der Waals surface area contributed by atoms with Crippen LogP contribution in [0, 0.1) is 5.82 Å². The molecule has 1 heterocycles. The first-order valence-corrected chi connectivity index (χ1v) is 9.75. The molecule has 26 heavy (non-hydrogen) atoms. The zero-order valence-corrected chi connectivity index (χ0v) is 15.2. The van der Waals surface area contributed by atoms with Crippen LogP contribution in [0.2, 0.25) is 5.02 Å². The number of ether oxygens (including phenoxy) is 1. The molecule has 0 bridgehead atoms. The maximum absolute atomic E-state index is 13.0. The Labute approximate surface area is 155 Å². The third kappa shape index (κ3) is 4.30. The summed E-state index contributed by atoms with van der Waals surface area (Å²) in [5.74, 6) is 0.0542. The lowest BCUT2D eigenvalue weighted by Crippen LogP contribution is -2.26. The highest BCUT2D eigenvalue weighted by atomic mass is 35.5. The number of nitrogens with zero attached hydrogens (tertiary/aromatic N) is 1. The van der Waals surface area contributed by atoms with Crippen LogP contribution in [-0.4, -0.2) is 26.6 Å². The van der Waals surface area contributed by atoms with Gasteiger partial charge < -0.3 is 4.74 Å². The lowest BCUT2D eigenvalue weighted by molar-refractivity contribution is 0.314. The lowest BCUT2D eigenvalue weighted by Gasteiger charge is -2.10. The fraction of sp³-hybridized carbons (Fsp3) is 0.167. The summed E-state index contributed by atoms with van der Waals surface area (Å²) >= 11 is 5.80. The van der Waals surface area contributed by atoms with E-state index in [9.17, 15) is 12.8 Å². The minimum Gasteiger partial charge on any atom is -0.491 e. The molecule has 0 spiro atoms. The van der Waals surface area contributed by atoms with Gasteiger partial charge in [0.05, 0.1) is 11.6 Å². The van der Waals surface area contributed by atoms with E-state index >= 15 is 0 Å². The number of sulfonamides is 1. The van der Waals surface area contributed by atoms with E-state index in [1.165, 1.54) is 0 Å². The minimum atomic E-state index is -3.80. The third-order valence-corrected chi connectivity index (χ3v) is 5.59. The highest BCUT2D eigenvalue weighted by molar-refractivity contribution is 7.89. The number of pyridine rings is 1. The SMILES string of the molecule is O=S(=O)(NCCCOc1cccc2cccnc12)c1ccc(F)cc1Cl. The number of rotatable bonds is 7. The maximum atomic E-state index is 13.0. The molecule has 5 nitrogen and oxygen atoms in total. The summed E-state index contributed by atoms with van der Waals surface area (Å²) in [5, 5.41) is 0.812. The molecule has 2 aromatic carbocycles. The Kier molecular flexibility index (Phi) is 5.70. The van der Waals surface area contributed by atoms with E-state index in [1.54, 1.807) is 6.20 Å². The molecule has 0 fully saturated rings. The van der Waals surface area contributed by atoms with Gasteiger partial charge in [0, 0.05) is 18.1 Å². The highest BCUT2D eigenvalue weighted by Crippen LogP contribution is 2.23. The Hall–Kier alpha value is -2.22. The van der Waals surface area contributed by atoms with E-state index in [0.29, 0.717) is 18.8 Å². The standard InChI is InChI=1S/C18H16ClFN2O3S/c19-15-12-14(20)7-8-17(15)26(23,24)22-10-3-11-25-16-6-1-4-13-5-2-9-21-18(13)16/h1-2,4-9,12,22H,3,10-11H2. The van der Waals surface area contributed by atoms with Crippen molar-refractivity contribution in [2.45, 2.75) is 11.3 Å². The first kappa shape index (κ1) is 18.6. The van der Waals surface area contributed by atoms with Crippen LogP contribution in [0.1, 0.15) is 6.42 Å². The van der Waals surface area contributed by atoms with Crippen molar-refractivity contribution < 1.29 is 17.5 Å². The molecule has 0 aliphatic carbocycles. The number of benzene rings is 2. The van der Waals surface area contributed by atoms with Crippen molar-refractivity contribution in [3.8, 4) is 5.75 Å². The summed E-state index contributed by atoms with van der Waals surface area (Å²) in [6.45, 7) is 0.476. The summed E-state index contributed by atoms with van der Waals surface area (Å²) in [6.07, 6.45) is 2.14. The first-order chi connectivity index (χ1) is 12.5. The number of para-hydroxylation sites is 1. The lowest BCUT2D eigenvalue weighted by atomic mass is 10.2. The molecule has 0 saturated carbocycles. The summed E-state index contributed by atoms with van der Waals surface area (Å²) in [7, 11) is -3.80. The maximum Gasteiger partial charge on any atom is 0.242 e. The zero-order valence-electron chi connectivity index (χ0n) is 13.7. The molecule has 3 rings (SSSR count). The van der Waals surface area contributed by atoms with Crippen molar-refractivity contribution >= 4 is 32.5 Å². The van der Waals surface area contributed by atoms with Gasteiger partial charge in [-0.15, -0.1) is 0 Å². The Balaban J connectivity index is 1.55. The van der Waals surface area contributed by atoms with Gasteiger partial charge in [-0.1, -0.05) is 29.8 Å². The average molecular weight is 395 g/mol. The molecule has 0 unspecified atom stereocenters. The normalized spacial score (nSPS) is 11.6. The average Bonchev–Trinajstić information content (AvgIpc) is 2.61. The number of hydrogen-bond acceptors (Lipinski definition) is 4. The smallest absolute Gasteiger partial charge is 0.242 e. The number of aromatic nitrogens is 1. The largest absolute Gasteiger partial charge is 0.491 e. The van der Waals surface area contributed by atoms with Crippen LogP contribution in [0.3, 0.4) is 0 Å². The molecule has 0 aliphatic rings. The van der Waals surface area contributed by atoms with Crippen LogP contribution >= 0.6 is 11.6 Å². The predicted molar refractivity (Wildman–Crippen MR) is 98.5 cm³/mol. The van der Waals surface area contributed by atoms with Gasteiger partial charge >= 0.3 is 0 Å². The van der Waals surface area contributed by atoms with Gasteiger partial charge in [0.15, 0.2) is 0 Å². The summed E-state index contributed by atoms with van der Waals surface area (Å²) < 4.78 is 45.6. The van der Waals surface area contributed by atoms with Crippen molar-refractivity contribution in [2.24, 2.45) is 0 Å². The molecule has 0 aliphatic heterocycles. The summed E-state index contributed by atoms with van der Waals surface area (Å²) in [4.78, 5) is 4.14. The van der Waals surface area contributed by atoms with E-state index in [4.69, 9.17) is 16.3 Å². The second kappa shape index (κ2) is 7.99. The van der Waals surface area contributed by atoms with Crippen molar-refractivity contribution in [2.75, 3.05) is 13.2 Å². The molecule has 0 radical (unpaired) electrons. The van der Waals surface area contributed by atoms with Gasteiger partial charge in [-0.25, -0.2) is 17.5 Å². The Morgan fingerprint density at radius 3 is 2.77 bits per heavy atom. The quantitative estimate of drug-likeness (QED) is 0.619. The molecular formula is C18H16ClFN2O3S. The van der Waals surface area contributed by atoms with Crippen LogP contribution in [0.5, 0.6) is 5.75 Å². The van der Waals surface area contributed by atoms with Crippen LogP contribution < -0.4 is 9.46 Å². The van der Waals surface area contributed by atoms with Crippen molar-refractivity contribution in [3.05, 3.63) is 65.6 Å². The fourth-order valence-electron chi connectivity index (χ4n) is 2.42. The zero-order chi connectivity index (χ0) is 18.6. The van der Waals surface area contributed by atoms with Crippen LogP contribution in [0.15, 0.2) is 59.6 Å². The second-order valence-corrected chi connectivity index (χ2v) is 7.65. The number of fused-ring (bicyclic) bond motifs is 1. The van der Waals surface area contributed by atoms with E-state index in [-0.39, 0.29) is 16.5 Å². The van der Waals surface area contributed by atoms with Crippen molar-refractivity contribution in [1.82, 2.24) is 9.71 Å². The van der Waals surface area contributed by atoms with Crippen molar-refractivity contribution in [1.29, 1.82) is 0 Å². The van der Waals surface area contributed by atoms with E-state index in [2.05, 4.69) is 9.71 Å². The van der Waals surface area contributed by atoms with Gasteiger partial charge in [-0.2, -0.15) is 0 Å². The molecule has 136 valence electrons. The number of nitrogens with one attached hydrogen (secondary N) is 1. The van der Waals surface area contributed by atoms with Gasteiger partial charge in [-0.05, 0) is 36.8 Å².